The van der Waals surface area contributed by atoms with Crippen LogP contribution in [0.25, 0.3) is 0 Å². The average molecular weight is 120 g/mol. The maximum Gasteiger partial charge on any atom is 0.0578 e. The van der Waals surface area contributed by atoms with Crippen LogP contribution in [0.5, 0.6) is 0 Å². The molecule has 46 valence electrons. The van der Waals surface area contributed by atoms with Crippen molar-refractivity contribution in [3.05, 3.63) is 35.9 Å². The van der Waals surface area contributed by atoms with Gasteiger partial charge in [0.25, 0.3) is 0 Å². The van der Waals surface area contributed by atoms with Crippen LogP contribution in [0.4, 0.5) is 0 Å². The van der Waals surface area contributed by atoms with E-state index >= 15 is 0 Å². The van der Waals surface area contributed by atoms with E-state index in [1.807, 2.05) is 12.4 Å². The molecule has 0 amide bonds. The van der Waals surface area contributed by atoms with Crippen molar-refractivity contribution in [3.8, 4) is 0 Å². The van der Waals surface area contributed by atoms with Crippen LogP contribution in [0.1, 0.15) is 6.42 Å². The number of hydrogen-bond donors (Lipinski definition) is 2. The summed E-state index contributed by atoms with van der Waals surface area (Å²) in [7, 11) is 0. The van der Waals surface area contributed by atoms with Crippen LogP contribution in [-0.4, -0.2) is 0 Å². The molecular formula is C7H8N2. The molecule has 1 aliphatic heterocycles. The first-order chi connectivity index (χ1) is 4.47. The van der Waals surface area contributed by atoms with Crippen LogP contribution in [0.2, 0.25) is 0 Å². The van der Waals surface area contributed by atoms with Gasteiger partial charge >= 0.3 is 0 Å². The maximum absolute atomic E-state index is 3.13. The summed E-state index contributed by atoms with van der Waals surface area (Å²) < 4.78 is 0. The summed E-state index contributed by atoms with van der Waals surface area (Å²) >= 11 is 0. The summed E-state index contributed by atoms with van der Waals surface area (Å²) in [6.07, 6.45) is 9.16. The van der Waals surface area contributed by atoms with Crippen LogP contribution < -0.4 is 10.6 Å². The summed E-state index contributed by atoms with van der Waals surface area (Å²) in [5.74, 6) is 0. The van der Waals surface area contributed by atoms with Gasteiger partial charge in [0, 0.05) is 12.4 Å². The van der Waals surface area contributed by atoms with Gasteiger partial charge in [-0.1, -0.05) is 12.2 Å². The molecule has 0 spiro atoms. The van der Waals surface area contributed by atoms with Gasteiger partial charge in [-0.15, -0.1) is 0 Å². The van der Waals surface area contributed by atoms with E-state index in [0.717, 1.165) is 6.42 Å². The highest BCUT2D eigenvalue weighted by molar-refractivity contribution is 5.38. The molecule has 0 aromatic carbocycles. The Morgan fingerprint density at radius 2 is 1.56 bits per heavy atom. The van der Waals surface area contributed by atoms with E-state index in [0.29, 0.717) is 0 Å². The third kappa shape index (κ3) is 0.633. The Hall–Kier alpha value is -1.18. The molecule has 1 heterocycles. The zero-order chi connectivity index (χ0) is 6.10. The Kier molecular flexibility index (Phi) is 0.859. The lowest BCUT2D eigenvalue weighted by Crippen LogP contribution is -2.20. The van der Waals surface area contributed by atoms with Gasteiger partial charge in [0.05, 0.1) is 11.4 Å². The van der Waals surface area contributed by atoms with Gasteiger partial charge < -0.3 is 10.6 Å². The molecule has 0 atom stereocenters. The topological polar surface area (TPSA) is 24.1 Å². The molecule has 0 saturated heterocycles. The second-order valence-electron chi connectivity index (χ2n) is 2.09. The molecule has 2 aliphatic rings. The lowest BCUT2D eigenvalue weighted by molar-refractivity contribution is 0.926. The van der Waals surface area contributed by atoms with Gasteiger partial charge in [0.2, 0.25) is 0 Å². The lowest BCUT2D eigenvalue weighted by atomic mass is 10.3. The fraction of sp³-hybridized carbons (Fsp3) is 0.143. The fourth-order valence-corrected chi connectivity index (χ4v) is 1.05. The molecular weight excluding hydrogens is 112 g/mol. The molecule has 1 aliphatic carbocycles. The van der Waals surface area contributed by atoms with Crippen LogP contribution >= 0.6 is 0 Å². The minimum Gasteiger partial charge on any atom is -0.359 e. The Morgan fingerprint density at radius 1 is 1.00 bits per heavy atom. The predicted octanol–water partition coefficient (Wildman–Crippen LogP) is 0.822. The monoisotopic (exact) mass is 120 g/mol. The van der Waals surface area contributed by atoms with Crippen molar-refractivity contribution in [3.63, 3.8) is 0 Å². The summed E-state index contributed by atoms with van der Waals surface area (Å²) in [5, 5.41) is 6.26. The van der Waals surface area contributed by atoms with E-state index in [1.54, 1.807) is 0 Å². The average Bonchev–Trinajstić information content (AvgIpc) is 2.33. The van der Waals surface area contributed by atoms with Crippen LogP contribution in [0.3, 0.4) is 0 Å². The van der Waals surface area contributed by atoms with E-state index in [-0.39, 0.29) is 0 Å². The number of hydrogen-bond acceptors (Lipinski definition) is 2. The Bertz CT molecular complexity index is 189. The molecule has 0 bridgehead atoms. The molecule has 0 saturated carbocycles. The molecule has 2 nitrogen and oxygen atoms in total. The van der Waals surface area contributed by atoms with Crippen LogP contribution in [0, 0.1) is 0 Å². The zero-order valence-corrected chi connectivity index (χ0v) is 5.02. The first-order valence-corrected chi connectivity index (χ1v) is 3.05. The summed E-state index contributed by atoms with van der Waals surface area (Å²) in [4.78, 5) is 0. The number of rotatable bonds is 0. The highest BCUT2D eigenvalue weighted by Gasteiger charge is 2.08. The van der Waals surface area contributed by atoms with Gasteiger partial charge in [0.1, 0.15) is 0 Å². The minimum absolute atomic E-state index is 1.05. The summed E-state index contributed by atoms with van der Waals surface area (Å²) in [5.41, 5.74) is 2.41. The van der Waals surface area contributed by atoms with Crippen LogP contribution in [-0.2, 0) is 0 Å². The van der Waals surface area contributed by atoms with Gasteiger partial charge in [-0.25, -0.2) is 0 Å². The second-order valence-corrected chi connectivity index (χ2v) is 2.09. The third-order valence-corrected chi connectivity index (χ3v) is 1.50. The predicted molar refractivity (Wildman–Crippen MR) is 36.2 cm³/mol. The number of nitrogens with one attached hydrogen (secondary N) is 2. The van der Waals surface area contributed by atoms with Gasteiger partial charge in [-0.2, -0.15) is 0 Å². The summed E-state index contributed by atoms with van der Waals surface area (Å²) in [6.45, 7) is 0. The van der Waals surface area contributed by atoms with Crippen molar-refractivity contribution in [2.45, 2.75) is 6.42 Å². The molecule has 0 aromatic heterocycles. The van der Waals surface area contributed by atoms with Gasteiger partial charge in [-0.05, 0) is 6.42 Å². The van der Waals surface area contributed by atoms with Crippen LogP contribution in [0.15, 0.2) is 35.9 Å². The molecule has 0 unspecified atom stereocenters. The van der Waals surface area contributed by atoms with Crippen molar-refractivity contribution in [2.75, 3.05) is 0 Å². The van der Waals surface area contributed by atoms with E-state index in [9.17, 15) is 0 Å². The van der Waals surface area contributed by atoms with E-state index in [2.05, 4.69) is 22.8 Å². The first-order valence-electron chi connectivity index (χ1n) is 3.05. The summed E-state index contributed by atoms with van der Waals surface area (Å²) in [6, 6.07) is 0. The van der Waals surface area contributed by atoms with Crippen molar-refractivity contribution in [1.82, 2.24) is 10.6 Å². The van der Waals surface area contributed by atoms with Crippen molar-refractivity contribution in [1.29, 1.82) is 0 Å². The first kappa shape index (κ1) is 4.68. The normalized spacial score (nSPS) is 21.3. The molecule has 2 N–H and O–H groups in total. The van der Waals surface area contributed by atoms with Gasteiger partial charge in [0.15, 0.2) is 0 Å². The minimum atomic E-state index is 1.05. The standard InChI is InChI=1S/C7H8N2/c1-2-6-7(3-1)9-5-4-8-6/h2-5,8-9H,1H2. The fourth-order valence-electron chi connectivity index (χ4n) is 1.05. The Labute approximate surface area is 53.9 Å². The third-order valence-electron chi connectivity index (χ3n) is 1.50. The number of fused-ring (bicyclic) bond motifs is 1. The Morgan fingerprint density at radius 3 is 2.11 bits per heavy atom. The van der Waals surface area contributed by atoms with E-state index < -0.39 is 0 Å². The lowest BCUT2D eigenvalue weighted by Gasteiger charge is -2.12. The number of allylic oxidation sites excluding steroid dienone is 2. The van der Waals surface area contributed by atoms with E-state index in [1.165, 1.54) is 11.4 Å². The highest BCUT2D eigenvalue weighted by atomic mass is 15.0. The quantitative estimate of drug-likeness (QED) is 0.494. The SMILES string of the molecule is C1=CNC2=CCC=C2N1. The van der Waals surface area contributed by atoms with Crippen molar-refractivity contribution < 1.29 is 0 Å². The largest absolute Gasteiger partial charge is 0.359 e. The molecule has 0 fully saturated rings. The molecule has 9 heavy (non-hydrogen) atoms. The smallest absolute Gasteiger partial charge is 0.0578 e. The molecule has 2 rings (SSSR count). The van der Waals surface area contributed by atoms with Crippen molar-refractivity contribution >= 4 is 0 Å². The van der Waals surface area contributed by atoms with Gasteiger partial charge in [-0.3, -0.25) is 0 Å². The Balaban J connectivity index is 2.35. The van der Waals surface area contributed by atoms with Crippen molar-refractivity contribution in [2.24, 2.45) is 0 Å². The molecule has 0 radical (unpaired) electrons. The van der Waals surface area contributed by atoms with E-state index in [4.69, 9.17) is 0 Å². The zero-order valence-electron chi connectivity index (χ0n) is 5.02. The molecule has 2 heteroatoms. The molecule has 0 aromatic rings. The highest BCUT2D eigenvalue weighted by Crippen LogP contribution is 2.15. The maximum atomic E-state index is 3.13. The second kappa shape index (κ2) is 1.65.